The number of ether oxygens (including phenoxy) is 2. The minimum absolute atomic E-state index is 0.0502. The number of likely N-dealkylation sites (tertiary alicyclic amines) is 1. The van der Waals surface area contributed by atoms with E-state index in [9.17, 15) is 13.2 Å². The number of unbranched alkanes of at least 4 members (excludes halogenated alkanes) is 1. The SMILES string of the molecule is CC1CCN(CCCCNC(=O)CCNS(=O)(=O)c2ccc3c(c2)OCCCO3)CC1. The average Bonchev–Trinajstić information content (AvgIpc) is 2.99. The third kappa shape index (κ3) is 7.66. The number of sulfonamides is 1. The number of amides is 1. The van der Waals surface area contributed by atoms with Gasteiger partial charge in [-0.1, -0.05) is 6.92 Å². The van der Waals surface area contributed by atoms with Crippen molar-refractivity contribution < 1.29 is 22.7 Å². The van der Waals surface area contributed by atoms with Crippen molar-refractivity contribution in [1.29, 1.82) is 0 Å². The van der Waals surface area contributed by atoms with E-state index < -0.39 is 10.0 Å². The van der Waals surface area contributed by atoms with E-state index in [0.29, 0.717) is 31.3 Å². The van der Waals surface area contributed by atoms with Gasteiger partial charge in [-0.05, 0) is 63.4 Å². The maximum absolute atomic E-state index is 12.5. The number of carbonyl (C=O) groups is 1. The van der Waals surface area contributed by atoms with Crippen LogP contribution in [-0.2, 0) is 14.8 Å². The van der Waals surface area contributed by atoms with Gasteiger partial charge in [-0.25, -0.2) is 13.1 Å². The Balaban J connectivity index is 1.32. The highest BCUT2D eigenvalue weighted by Crippen LogP contribution is 2.31. The van der Waals surface area contributed by atoms with Crippen LogP contribution in [0.3, 0.4) is 0 Å². The van der Waals surface area contributed by atoms with Crippen LogP contribution in [0.25, 0.3) is 0 Å². The number of hydrogen-bond donors (Lipinski definition) is 2. The van der Waals surface area contributed by atoms with Crippen molar-refractivity contribution in [1.82, 2.24) is 14.9 Å². The van der Waals surface area contributed by atoms with Gasteiger partial charge in [-0.3, -0.25) is 4.79 Å². The zero-order chi connectivity index (χ0) is 22.1. The summed E-state index contributed by atoms with van der Waals surface area (Å²) in [6, 6.07) is 4.55. The number of nitrogens with zero attached hydrogens (tertiary/aromatic N) is 1. The molecule has 0 radical (unpaired) electrons. The summed E-state index contributed by atoms with van der Waals surface area (Å²) in [5.41, 5.74) is 0. The van der Waals surface area contributed by atoms with Crippen LogP contribution in [-0.4, -0.2) is 65.2 Å². The van der Waals surface area contributed by atoms with Gasteiger partial charge in [0.2, 0.25) is 15.9 Å². The number of fused-ring (bicyclic) bond motifs is 1. The summed E-state index contributed by atoms with van der Waals surface area (Å²) in [6.07, 6.45) is 5.40. The molecule has 1 saturated heterocycles. The maximum Gasteiger partial charge on any atom is 0.240 e. The van der Waals surface area contributed by atoms with E-state index in [0.717, 1.165) is 31.7 Å². The van der Waals surface area contributed by atoms with E-state index in [1.807, 2.05) is 0 Å². The quantitative estimate of drug-likeness (QED) is 0.527. The van der Waals surface area contributed by atoms with Crippen LogP contribution in [0, 0.1) is 5.92 Å². The standard InChI is InChI=1S/C22H35N3O5S/c1-18-8-13-25(14-9-18)12-3-2-10-23-22(26)7-11-24-31(27,28)19-5-6-20-21(17-19)30-16-4-15-29-20/h5-6,17-18,24H,2-4,7-16H2,1H3,(H,23,26). The monoisotopic (exact) mass is 453 g/mol. The van der Waals surface area contributed by atoms with Gasteiger partial charge in [0.1, 0.15) is 0 Å². The van der Waals surface area contributed by atoms with Crippen LogP contribution in [0.1, 0.15) is 45.4 Å². The highest BCUT2D eigenvalue weighted by molar-refractivity contribution is 7.89. The fourth-order valence-corrected chi connectivity index (χ4v) is 4.80. The Morgan fingerprint density at radius 1 is 1.10 bits per heavy atom. The van der Waals surface area contributed by atoms with Crippen molar-refractivity contribution in [3.63, 3.8) is 0 Å². The summed E-state index contributed by atoms with van der Waals surface area (Å²) in [4.78, 5) is 14.6. The summed E-state index contributed by atoms with van der Waals surface area (Å²) < 4.78 is 38.6. The number of carbonyl (C=O) groups excluding carboxylic acids is 1. The molecule has 1 fully saturated rings. The van der Waals surface area contributed by atoms with Crippen molar-refractivity contribution in [3.8, 4) is 11.5 Å². The first-order chi connectivity index (χ1) is 14.9. The van der Waals surface area contributed by atoms with Gasteiger partial charge >= 0.3 is 0 Å². The summed E-state index contributed by atoms with van der Waals surface area (Å²) in [5.74, 6) is 1.67. The molecule has 8 nitrogen and oxygen atoms in total. The molecule has 2 heterocycles. The number of rotatable bonds is 10. The van der Waals surface area contributed by atoms with Crippen molar-refractivity contribution in [2.24, 2.45) is 5.92 Å². The second-order valence-corrected chi connectivity index (χ2v) is 10.2. The molecule has 3 rings (SSSR count). The molecule has 9 heteroatoms. The van der Waals surface area contributed by atoms with E-state index in [1.165, 1.54) is 38.1 Å². The van der Waals surface area contributed by atoms with Crippen molar-refractivity contribution >= 4 is 15.9 Å². The molecular formula is C22H35N3O5S. The number of hydrogen-bond acceptors (Lipinski definition) is 6. The Kier molecular flexibility index (Phi) is 8.98. The molecule has 0 bridgehead atoms. The zero-order valence-corrected chi connectivity index (χ0v) is 19.2. The molecule has 1 aromatic carbocycles. The van der Waals surface area contributed by atoms with E-state index in [1.54, 1.807) is 6.07 Å². The van der Waals surface area contributed by atoms with Gasteiger partial charge in [0.25, 0.3) is 0 Å². The number of nitrogens with one attached hydrogen (secondary N) is 2. The fourth-order valence-electron chi connectivity index (χ4n) is 3.76. The second kappa shape index (κ2) is 11.7. The summed E-state index contributed by atoms with van der Waals surface area (Å²) in [5, 5.41) is 2.87. The number of benzene rings is 1. The highest BCUT2D eigenvalue weighted by atomic mass is 32.2. The molecule has 0 aliphatic carbocycles. The van der Waals surface area contributed by atoms with Crippen molar-refractivity contribution in [2.75, 3.05) is 45.9 Å². The minimum Gasteiger partial charge on any atom is -0.490 e. The lowest BCUT2D eigenvalue weighted by molar-refractivity contribution is -0.120. The third-order valence-electron chi connectivity index (χ3n) is 5.77. The molecule has 2 N–H and O–H groups in total. The first-order valence-corrected chi connectivity index (χ1v) is 12.8. The Hall–Kier alpha value is -1.84. The second-order valence-electron chi connectivity index (χ2n) is 8.39. The number of piperidine rings is 1. The third-order valence-corrected chi connectivity index (χ3v) is 7.23. The van der Waals surface area contributed by atoms with Crippen LogP contribution < -0.4 is 19.5 Å². The van der Waals surface area contributed by atoms with Crippen LogP contribution in [0.2, 0.25) is 0 Å². The van der Waals surface area contributed by atoms with Gasteiger partial charge in [0, 0.05) is 32.0 Å². The van der Waals surface area contributed by atoms with Crippen molar-refractivity contribution in [3.05, 3.63) is 18.2 Å². The highest BCUT2D eigenvalue weighted by Gasteiger charge is 2.19. The molecule has 2 aliphatic heterocycles. The molecule has 174 valence electrons. The first kappa shape index (κ1) is 23.8. The lowest BCUT2D eigenvalue weighted by atomic mass is 9.99. The predicted molar refractivity (Wildman–Crippen MR) is 119 cm³/mol. The van der Waals surface area contributed by atoms with E-state index in [4.69, 9.17) is 9.47 Å². The van der Waals surface area contributed by atoms with E-state index in [2.05, 4.69) is 21.9 Å². The molecule has 0 aromatic heterocycles. The van der Waals surface area contributed by atoms with Gasteiger partial charge < -0.3 is 19.7 Å². The Morgan fingerprint density at radius 2 is 1.84 bits per heavy atom. The average molecular weight is 454 g/mol. The summed E-state index contributed by atoms with van der Waals surface area (Å²) in [6.45, 7) is 7.45. The molecule has 0 unspecified atom stereocenters. The smallest absolute Gasteiger partial charge is 0.240 e. The normalized spacial score (nSPS) is 17.8. The van der Waals surface area contributed by atoms with E-state index >= 15 is 0 Å². The molecule has 31 heavy (non-hydrogen) atoms. The van der Waals surface area contributed by atoms with Gasteiger partial charge in [0.05, 0.1) is 18.1 Å². The Bertz CT molecular complexity index is 822. The largest absolute Gasteiger partial charge is 0.490 e. The molecule has 1 amide bonds. The molecule has 1 aromatic rings. The Labute approximate surface area is 185 Å². The van der Waals surface area contributed by atoms with Crippen LogP contribution in [0.4, 0.5) is 0 Å². The lowest BCUT2D eigenvalue weighted by Gasteiger charge is -2.30. The molecule has 0 spiro atoms. The summed E-state index contributed by atoms with van der Waals surface area (Å²) in [7, 11) is -3.72. The molecular weight excluding hydrogens is 418 g/mol. The van der Waals surface area contributed by atoms with Gasteiger partial charge in [-0.2, -0.15) is 0 Å². The van der Waals surface area contributed by atoms with Gasteiger partial charge in [-0.15, -0.1) is 0 Å². The topological polar surface area (TPSA) is 97.0 Å². The summed E-state index contributed by atoms with van der Waals surface area (Å²) >= 11 is 0. The molecule has 0 atom stereocenters. The lowest BCUT2D eigenvalue weighted by Crippen LogP contribution is -2.34. The predicted octanol–water partition coefficient (Wildman–Crippen LogP) is 2.14. The minimum atomic E-state index is -3.72. The van der Waals surface area contributed by atoms with Crippen molar-refractivity contribution in [2.45, 2.75) is 50.3 Å². The molecule has 2 aliphatic rings. The van der Waals surface area contributed by atoms with Crippen LogP contribution in [0.5, 0.6) is 11.5 Å². The van der Waals surface area contributed by atoms with Crippen LogP contribution in [0.15, 0.2) is 23.1 Å². The maximum atomic E-state index is 12.5. The zero-order valence-electron chi connectivity index (χ0n) is 18.4. The van der Waals surface area contributed by atoms with E-state index in [-0.39, 0.29) is 23.8 Å². The fraction of sp³-hybridized carbons (Fsp3) is 0.682. The Morgan fingerprint density at radius 3 is 2.61 bits per heavy atom. The van der Waals surface area contributed by atoms with Gasteiger partial charge in [0.15, 0.2) is 11.5 Å². The first-order valence-electron chi connectivity index (χ1n) is 11.3. The molecule has 0 saturated carbocycles. The van der Waals surface area contributed by atoms with Crippen LogP contribution >= 0.6 is 0 Å².